The number of hydrogen-bond acceptors (Lipinski definition) is 7. The number of carbonyl (C=O) groups is 3. The third kappa shape index (κ3) is 9.54. The highest BCUT2D eigenvalue weighted by Gasteiger charge is 2.17. The molecular weight excluding hydrogens is 306 g/mol. The van der Waals surface area contributed by atoms with Crippen LogP contribution in [0, 0.1) is 0 Å². The topological polar surface area (TPSA) is 165 Å². The Morgan fingerprint density at radius 1 is 1.33 bits per heavy atom. The number of hydrogen-bond donors (Lipinski definition) is 4. The summed E-state index contributed by atoms with van der Waals surface area (Å²) in [7, 11) is -3.93. The molecule has 0 aromatic heterocycles. The lowest BCUT2D eigenvalue weighted by atomic mass is 10.2. The maximum atomic E-state index is 11.4. The van der Waals surface area contributed by atoms with E-state index in [2.05, 4.69) is 4.74 Å². The molecule has 0 aliphatic rings. The molecule has 21 heavy (non-hydrogen) atoms. The van der Waals surface area contributed by atoms with Crippen molar-refractivity contribution in [1.29, 1.82) is 0 Å². The molecule has 0 radical (unpaired) electrons. The van der Waals surface area contributed by atoms with Gasteiger partial charge in [-0.15, -0.1) is 4.83 Å². The first kappa shape index (κ1) is 19.0. The van der Waals surface area contributed by atoms with Gasteiger partial charge in [-0.2, -0.15) is 0 Å². The molecule has 0 aromatic rings. The fourth-order valence-electron chi connectivity index (χ4n) is 0.960. The number of amides is 1. The molecule has 1 amide bonds. The van der Waals surface area contributed by atoms with Gasteiger partial charge in [0.1, 0.15) is 6.04 Å². The van der Waals surface area contributed by atoms with Gasteiger partial charge in [-0.05, 0) is 13.3 Å². The number of carboxylic acids is 1. The predicted octanol–water partition coefficient (Wildman–Crippen LogP) is -2.14. The van der Waals surface area contributed by atoms with Crippen LogP contribution in [0.3, 0.4) is 0 Å². The van der Waals surface area contributed by atoms with Crippen LogP contribution in [0.2, 0.25) is 0 Å². The van der Waals surface area contributed by atoms with Crippen LogP contribution in [0.5, 0.6) is 0 Å². The summed E-state index contributed by atoms with van der Waals surface area (Å²) in [4.78, 5) is 34.2. The number of carboxylic acid groups (broad SMARTS) is 1. The van der Waals surface area contributed by atoms with Gasteiger partial charge in [-0.25, -0.2) is 13.2 Å². The molecular formula is C10H17N3O7S. The van der Waals surface area contributed by atoms with E-state index >= 15 is 0 Å². The summed E-state index contributed by atoms with van der Waals surface area (Å²) >= 11 is 0. The molecule has 0 bridgehead atoms. The second kappa shape index (κ2) is 9.05. The van der Waals surface area contributed by atoms with Gasteiger partial charge >= 0.3 is 11.9 Å². The highest BCUT2D eigenvalue weighted by molar-refractivity contribution is 7.89. The zero-order valence-corrected chi connectivity index (χ0v) is 12.1. The monoisotopic (exact) mass is 323 g/mol. The van der Waals surface area contributed by atoms with Crippen molar-refractivity contribution in [3.63, 3.8) is 0 Å². The summed E-state index contributed by atoms with van der Waals surface area (Å²) in [5, 5.41) is 8.50. The second-order valence-electron chi connectivity index (χ2n) is 3.73. The Hall–Kier alpha value is -1.98. The first-order valence-corrected chi connectivity index (χ1v) is 7.46. The van der Waals surface area contributed by atoms with Gasteiger partial charge in [-0.1, -0.05) is 0 Å². The third-order valence-electron chi connectivity index (χ3n) is 2.00. The van der Waals surface area contributed by atoms with Crippen LogP contribution in [0.4, 0.5) is 0 Å². The number of sulfonamides is 1. The van der Waals surface area contributed by atoms with Crippen molar-refractivity contribution in [2.45, 2.75) is 19.4 Å². The van der Waals surface area contributed by atoms with Crippen LogP contribution < -0.4 is 16.0 Å². The largest absolute Gasteiger partial charge is 0.480 e. The van der Waals surface area contributed by atoms with E-state index in [1.54, 1.807) is 11.8 Å². The molecule has 0 rings (SSSR count). The van der Waals surface area contributed by atoms with Gasteiger partial charge in [0.15, 0.2) is 0 Å². The van der Waals surface area contributed by atoms with Crippen LogP contribution in [0.15, 0.2) is 12.2 Å². The summed E-state index contributed by atoms with van der Waals surface area (Å²) in [5.74, 6) is -3.55. The Morgan fingerprint density at radius 2 is 1.95 bits per heavy atom. The fourth-order valence-corrected chi connectivity index (χ4v) is 1.88. The first-order chi connectivity index (χ1) is 9.68. The molecule has 0 aliphatic carbocycles. The minimum Gasteiger partial charge on any atom is -0.480 e. The summed E-state index contributed by atoms with van der Waals surface area (Å²) in [6.45, 7) is 1.73. The molecule has 1 atom stereocenters. The average Bonchev–Trinajstić information content (AvgIpc) is 2.40. The highest BCUT2D eigenvalue weighted by Crippen LogP contribution is 1.93. The fraction of sp³-hybridized carbons (Fsp3) is 0.500. The van der Waals surface area contributed by atoms with Crippen molar-refractivity contribution in [2.75, 3.05) is 12.4 Å². The molecule has 0 saturated heterocycles. The van der Waals surface area contributed by atoms with E-state index in [0.717, 1.165) is 12.2 Å². The Morgan fingerprint density at radius 3 is 2.48 bits per heavy atom. The van der Waals surface area contributed by atoms with Crippen molar-refractivity contribution in [3.05, 3.63) is 12.2 Å². The minimum atomic E-state index is -3.93. The van der Waals surface area contributed by atoms with Gasteiger partial charge in [0.25, 0.3) is 5.91 Å². The summed E-state index contributed by atoms with van der Waals surface area (Å²) in [5.41, 5.74) is 6.96. The summed E-state index contributed by atoms with van der Waals surface area (Å²) < 4.78 is 27.3. The van der Waals surface area contributed by atoms with E-state index < -0.39 is 39.7 Å². The number of aliphatic carboxylic acids is 1. The van der Waals surface area contributed by atoms with Gasteiger partial charge in [-0.3, -0.25) is 15.0 Å². The number of hydrazine groups is 1. The van der Waals surface area contributed by atoms with E-state index in [4.69, 9.17) is 10.8 Å². The minimum absolute atomic E-state index is 0.140. The molecule has 0 unspecified atom stereocenters. The standard InChI is InChI=1S/C10H17N3O7S/c1-2-20-9(15)4-3-8(14)12-13-21(18,19)6-5-7(11)10(16)17/h3-4,7,13H,2,5-6,11H2,1H3,(H,12,14)(H,16,17)/b4-3-/t7-/m0/s1. The van der Waals surface area contributed by atoms with Crippen molar-refractivity contribution in [2.24, 2.45) is 5.73 Å². The van der Waals surface area contributed by atoms with Crippen molar-refractivity contribution in [3.8, 4) is 0 Å². The third-order valence-corrected chi connectivity index (χ3v) is 3.19. The smallest absolute Gasteiger partial charge is 0.330 e. The molecule has 0 aromatic carbocycles. The molecule has 5 N–H and O–H groups in total. The SMILES string of the molecule is CCOC(=O)/C=C\C(=O)NNS(=O)(=O)CC[C@H](N)C(=O)O. The Bertz CT molecular complexity index is 515. The van der Waals surface area contributed by atoms with Crippen LogP contribution in [0.1, 0.15) is 13.3 Å². The lowest BCUT2D eigenvalue weighted by Gasteiger charge is -2.08. The Labute approximate surface area is 121 Å². The molecule has 0 saturated carbocycles. The molecule has 0 fully saturated rings. The van der Waals surface area contributed by atoms with Gasteiger partial charge < -0.3 is 15.6 Å². The number of esters is 1. The normalized spacial score (nSPS) is 12.9. The quantitative estimate of drug-likeness (QED) is 0.212. The lowest BCUT2D eigenvalue weighted by Crippen LogP contribution is -2.43. The Kier molecular flexibility index (Phi) is 8.19. The van der Waals surface area contributed by atoms with E-state index in [1.807, 2.05) is 5.43 Å². The zero-order chi connectivity index (χ0) is 16.5. The lowest BCUT2D eigenvalue weighted by molar-refractivity contribution is -0.139. The molecule has 0 aliphatic heterocycles. The molecule has 0 heterocycles. The molecule has 11 heteroatoms. The van der Waals surface area contributed by atoms with Gasteiger partial charge in [0.2, 0.25) is 10.0 Å². The number of nitrogens with two attached hydrogens (primary N) is 1. The van der Waals surface area contributed by atoms with Crippen molar-refractivity contribution < 1.29 is 32.6 Å². The van der Waals surface area contributed by atoms with Crippen molar-refractivity contribution >= 4 is 27.9 Å². The van der Waals surface area contributed by atoms with Crippen LogP contribution in [0.25, 0.3) is 0 Å². The predicted molar refractivity (Wildman–Crippen MR) is 71.1 cm³/mol. The zero-order valence-electron chi connectivity index (χ0n) is 11.2. The maximum Gasteiger partial charge on any atom is 0.330 e. The van der Waals surface area contributed by atoms with Crippen LogP contribution in [-0.4, -0.2) is 49.8 Å². The molecule has 0 spiro atoms. The Balaban J connectivity index is 4.22. The maximum absolute atomic E-state index is 11.4. The van der Waals surface area contributed by atoms with E-state index in [1.165, 1.54) is 0 Å². The molecule has 10 nitrogen and oxygen atoms in total. The number of rotatable bonds is 9. The van der Waals surface area contributed by atoms with Gasteiger partial charge in [0.05, 0.1) is 12.4 Å². The average molecular weight is 323 g/mol. The van der Waals surface area contributed by atoms with Gasteiger partial charge in [0, 0.05) is 12.2 Å². The summed E-state index contributed by atoms with van der Waals surface area (Å²) in [6.07, 6.45) is 1.29. The first-order valence-electron chi connectivity index (χ1n) is 5.80. The number of ether oxygens (including phenoxy) is 1. The van der Waals surface area contributed by atoms with E-state index in [-0.39, 0.29) is 13.0 Å². The number of carbonyl (C=O) groups excluding carboxylic acids is 2. The highest BCUT2D eigenvalue weighted by atomic mass is 32.2. The number of nitrogens with one attached hydrogen (secondary N) is 2. The van der Waals surface area contributed by atoms with E-state index in [9.17, 15) is 22.8 Å². The molecule has 120 valence electrons. The van der Waals surface area contributed by atoms with Crippen LogP contribution in [-0.2, 0) is 29.1 Å². The second-order valence-corrected chi connectivity index (χ2v) is 5.57. The summed E-state index contributed by atoms with van der Waals surface area (Å²) in [6, 6.07) is -1.32. The van der Waals surface area contributed by atoms with Crippen LogP contribution >= 0.6 is 0 Å². The van der Waals surface area contributed by atoms with Crippen molar-refractivity contribution in [1.82, 2.24) is 10.3 Å². The van der Waals surface area contributed by atoms with E-state index in [0.29, 0.717) is 0 Å².